The summed E-state index contributed by atoms with van der Waals surface area (Å²) in [4.78, 5) is 21.1. The molecule has 0 aromatic carbocycles. The topological polar surface area (TPSA) is 147 Å². The highest BCUT2D eigenvalue weighted by Gasteiger charge is 2.20. The molecule has 0 aromatic rings. The first kappa shape index (κ1) is 19.5. The fraction of sp³-hybridized carbons (Fsp3) is 0.818. The second-order valence-corrected chi connectivity index (χ2v) is 4.12. The number of aliphatic hydroxyl groups is 3. The molecular formula is C11H24N2O5. The first-order valence-electron chi connectivity index (χ1n) is 5.68. The molecular weight excluding hydrogens is 240 g/mol. The van der Waals surface area contributed by atoms with Crippen LogP contribution in [0.2, 0.25) is 0 Å². The first-order valence-corrected chi connectivity index (χ1v) is 5.68. The molecule has 0 aliphatic rings. The van der Waals surface area contributed by atoms with Gasteiger partial charge in [0.25, 0.3) is 0 Å². The van der Waals surface area contributed by atoms with Crippen molar-refractivity contribution in [2.45, 2.75) is 31.7 Å². The van der Waals surface area contributed by atoms with E-state index in [1.54, 1.807) is 0 Å². The Kier molecular flexibility index (Phi) is 12.2. The molecule has 7 nitrogen and oxygen atoms in total. The Bertz CT molecular complexity index is 233. The van der Waals surface area contributed by atoms with Gasteiger partial charge in [0.1, 0.15) is 11.6 Å². The van der Waals surface area contributed by atoms with Crippen LogP contribution in [0.15, 0.2) is 0 Å². The van der Waals surface area contributed by atoms with Gasteiger partial charge >= 0.3 is 0 Å². The largest absolute Gasteiger partial charge is 0.394 e. The van der Waals surface area contributed by atoms with Crippen molar-refractivity contribution in [2.24, 2.45) is 11.5 Å². The van der Waals surface area contributed by atoms with Crippen molar-refractivity contribution in [3.63, 3.8) is 0 Å². The number of nitrogens with two attached hydrogens (primary N) is 2. The predicted molar refractivity (Wildman–Crippen MR) is 66.8 cm³/mol. The molecule has 0 saturated carbocycles. The highest BCUT2D eigenvalue weighted by atomic mass is 16.3. The molecule has 7 N–H and O–H groups in total. The molecule has 0 bridgehead atoms. The number of aliphatic hydroxyl groups excluding tert-OH is 3. The smallest absolute Gasteiger partial charge is 0.134 e. The van der Waals surface area contributed by atoms with Crippen molar-refractivity contribution in [2.75, 3.05) is 26.4 Å². The van der Waals surface area contributed by atoms with Crippen molar-refractivity contribution in [3.05, 3.63) is 0 Å². The molecule has 0 heterocycles. The van der Waals surface area contributed by atoms with Gasteiger partial charge in [0, 0.05) is 19.3 Å². The lowest BCUT2D eigenvalue weighted by Crippen LogP contribution is -2.50. The van der Waals surface area contributed by atoms with Gasteiger partial charge in [0.05, 0.1) is 25.4 Å². The van der Waals surface area contributed by atoms with Gasteiger partial charge in [-0.25, -0.2) is 0 Å². The molecule has 0 aromatic heterocycles. The van der Waals surface area contributed by atoms with E-state index in [0.29, 0.717) is 25.8 Å². The minimum atomic E-state index is -1.21. The van der Waals surface area contributed by atoms with Crippen LogP contribution in [0.25, 0.3) is 0 Å². The number of rotatable bonds is 8. The third kappa shape index (κ3) is 11.6. The SMILES string of the molecule is CC(=O)CCC(=O)CCN.NC(CO)(CO)CO. The number of ketones is 2. The number of carbonyl (C=O) groups excluding carboxylic acids is 2. The van der Waals surface area contributed by atoms with Crippen LogP contribution in [-0.4, -0.2) is 58.8 Å². The van der Waals surface area contributed by atoms with Gasteiger partial charge in [-0.15, -0.1) is 0 Å². The molecule has 108 valence electrons. The fourth-order valence-electron chi connectivity index (χ4n) is 0.751. The van der Waals surface area contributed by atoms with Crippen LogP contribution in [-0.2, 0) is 9.59 Å². The van der Waals surface area contributed by atoms with E-state index in [-0.39, 0.29) is 11.6 Å². The van der Waals surface area contributed by atoms with Crippen LogP contribution in [0.3, 0.4) is 0 Å². The Labute approximate surface area is 107 Å². The second-order valence-electron chi connectivity index (χ2n) is 4.12. The maximum absolute atomic E-state index is 10.7. The lowest BCUT2D eigenvalue weighted by Gasteiger charge is -2.20. The van der Waals surface area contributed by atoms with Crippen molar-refractivity contribution in [1.29, 1.82) is 0 Å². The summed E-state index contributed by atoms with van der Waals surface area (Å²) in [5.74, 6) is 0.142. The van der Waals surface area contributed by atoms with Crippen LogP contribution < -0.4 is 11.5 Å². The molecule has 0 unspecified atom stereocenters. The van der Waals surface area contributed by atoms with Gasteiger partial charge in [-0.3, -0.25) is 4.79 Å². The zero-order chi connectivity index (χ0) is 14.6. The zero-order valence-corrected chi connectivity index (χ0v) is 10.8. The third-order valence-corrected chi connectivity index (χ3v) is 2.12. The van der Waals surface area contributed by atoms with Crippen molar-refractivity contribution >= 4 is 11.6 Å². The fourth-order valence-corrected chi connectivity index (χ4v) is 0.751. The standard InChI is InChI=1S/C7H13NO2.C4H11NO3/c1-6(9)2-3-7(10)4-5-8;5-4(1-6,2-7)3-8/h2-5,8H2,1H3;6-8H,1-3,5H2. The monoisotopic (exact) mass is 264 g/mol. The van der Waals surface area contributed by atoms with Gasteiger partial charge < -0.3 is 31.6 Å². The van der Waals surface area contributed by atoms with E-state index in [1.165, 1.54) is 6.92 Å². The highest BCUT2D eigenvalue weighted by molar-refractivity contribution is 5.84. The van der Waals surface area contributed by atoms with E-state index in [2.05, 4.69) is 0 Å². The van der Waals surface area contributed by atoms with Gasteiger partial charge in [-0.05, 0) is 13.5 Å². The van der Waals surface area contributed by atoms with Crippen LogP contribution >= 0.6 is 0 Å². The number of Topliss-reactive ketones (excluding diaryl/α,β-unsaturated/α-hetero) is 2. The molecule has 0 fully saturated rings. The summed E-state index contributed by atoms with van der Waals surface area (Å²) >= 11 is 0. The predicted octanol–water partition coefficient (Wildman–Crippen LogP) is -2.07. The molecule has 0 spiro atoms. The highest BCUT2D eigenvalue weighted by Crippen LogP contribution is 1.94. The lowest BCUT2D eigenvalue weighted by atomic mass is 10.1. The lowest BCUT2D eigenvalue weighted by molar-refractivity contribution is -0.123. The maximum atomic E-state index is 10.7. The molecule has 7 heteroatoms. The molecule has 0 aliphatic heterocycles. The number of carbonyl (C=O) groups is 2. The minimum absolute atomic E-state index is 0.0605. The molecule has 0 rings (SSSR count). The summed E-state index contributed by atoms with van der Waals surface area (Å²) in [7, 11) is 0. The Hall–Kier alpha value is -0.860. The Morgan fingerprint density at radius 1 is 1.00 bits per heavy atom. The van der Waals surface area contributed by atoms with Gasteiger partial charge in [-0.2, -0.15) is 0 Å². The summed E-state index contributed by atoms with van der Waals surface area (Å²) in [6.07, 6.45) is 1.11. The van der Waals surface area contributed by atoms with Crippen molar-refractivity contribution < 1.29 is 24.9 Å². The van der Waals surface area contributed by atoms with Crippen molar-refractivity contribution in [3.8, 4) is 0 Å². The zero-order valence-electron chi connectivity index (χ0n) is 10.8. The van der Waals surface area contributed by atoms with Gasteiger partial charge in [-0.1, -0.05) is 0 Å². The average molecular weight is 264 g/mol. The second kappa shape index (κ2) is 11.2. The Morgan fingerprint density at radius 3 is 1.67 bits per heavy atom. The van der Waals surface area contributed by atoms with Crippen LogP contribution in [0, 0.1) is 0 Å². The van der Waals surface area contributed by atoms with E-state index in [4.69, 9.17) is 26.8 Å². The summed E-state index contributed by atoms with van der Waals surface area (Å²) in [5, 5.41) is 25.0. The number of hydrogen-bond donors (Lipinski definition) is 5. The third-order valence-electron chi connectivity index (χ3n) is 2.12. The van der Waals surface area contributed by atoms with Gasteiger partial charge in [0.15, 0.2) is 0 Å². The van der Waals surface area contributed by atoms with E-state index >= 15 is 0 Å². The maximum Gasteiger partial charge on any atom is 0.134 e. The van der Waals surface area contributed by atoms with E-state index in [1.807, 2.05) is 0 Å². The first-order chi connectivity index (χ1) is 8.35. The molecule has 18 heavy (non-hydrogen) atoms. The molecule has 0 saturated heterocycles. The Balaban J connectivity index is 0. The van der Waals surface area contributed by atoms with Gasteiger partial charge in [0.2, 0.25) is 0 Å². The summed E-state index contributed by atoms with van der Waals surface area (Å²) in [6, 6.07) is 0. The Morgan fingerprint density at radius 2 is 1.44 bits per heavy atom. The van der Waals surface area contributed by atoms with E-state index in [9.17, 15) is 9.59 Å². The van der Waals surface area contributed by atoms with Crippen LogP contribution in [0.5, 0.6) is 0 Å². The summed E-state index contributed by atoms with van der Waals surface area (Å²) in [6.45, 7) is 0.659. The summed E-state index contributed by atoms with van der Waals surface area (Å²) < 4.78 is 0. The average Bonchev–Trinajstić information content (AvgIpc) is 2.36. The van der Waals surface area contributed by atoms with Crippen molar-refractivity contribution in [1.82, 2.24) is 0 Å². The normalized spacial score (nSPS) is 10.6. The number of hydrogen-bond acceptors (Lipinski definition) is 7. The van der Waals surface area contributed by atoms with Crippen LogP contribution in [0.4, 0.5) is 0 Å². The molecule has 0 amide bonds. The molecule has 0 radical (unpaired) electrons. The molecule has 0 aliphatic carbocycles. The van der Waals surface area contributed by atoms with E-state index < -0.39 is 25.4 Å². The quantitative estimate of drug-likeness (QED) is 0.338. The van der Waals surface area contributed by atoms with E-state index in [0.717, 1.165) is 0 Å². The summed E-state index contributed by atoms with van der Waals surface area (Å²) in [5.41, 5.74) is 9.07. The molecule has 0 atom stereocenters. The van der Waals surface area contributed by atoms with Crippen LogP contribution in [0.1, 0.15) is 26.2 Å². The minimum Gasteiger partial charge on any atom is -0.394 e.